The van der Waals surface area contributed by atoms with Crippen LogP contribution in [0, 0.1) is 0 Å². The van der Waals surface area contributed by atoms with Crippen LogP contribution < -0.4 is 0 Å². The van der Waals surface area contributed by atoms with Crippen molar-refractivity contribution >= 4 is 17.6 Å². The number of ether oxygens (including phenoxy) is 1. The summed E-state index contributed by atoms with van der Waals surface area (Å²) in [6, 6.07) is 0. The zero-order valence-electron chi connectivity index (χ0n) is 9.12. The first kappa shape index (κ1) is 11.3. The molecular weight excluding hydrogens is 228 g/mol. The number of hydrogen-bond acceptors (Lipinski definition) is 4. The first-order chi connectivity index (χ1) is 7.72. The minimum atomic E-state index is -0.533. The molecule has 0 aliphatic heterocycles. The number of aryl methyl sites for hydroxylation is 1. The molecule has 0 saturated heterocycles. The highest BCUT2D eigenvalue weighted by Gasteiger charge is 2.18. The fourth-order valence-electron chi connectivity index (χ4n) is 1.91. The highest BCUT2D eigenvalue weighted by molar-refractivity contribution is 6.30. The van der Waals surface area contributed by atoms with Gasteiger partial charge in [0.25, 0.3) is 0 Å². The molecule has 1 aliphatic carbocycles. The molecule has 16 heavy (non-hydrogen) atoms. The SMILES string of the molecule is COC(=O)c1nc(Cl)c2c(n1)CCCCC2. The molecule has 1 aliphatic rings. The van der Waals surface area contributed by atoms with Gasteiger partial charge in [-0.05, 0) is 25.7 Å². The Morgan fingerprint density at radius 3 is 2.75 bits per heavy atom. The van der Waals surface area contributed by atoms with Crippen LogP contribution in [0.4, 0.5) is 0 Å². The van der Waals surface area contributed by atoms with E-state index in [4.69, 9.17) is 11.6 Å². The van der Waals surface area contributed by atoms with E-state index in [2.05, 4.69) is 14.7 Å². The highest BCUT2D eigenvalue weighted by Crippen LogP contribution is 2.24. The summed E-state index contributed by atoms with van der Waals surface area (Å²) in [5, 5.41) is 0.396. The van der Waals surface area contributed by atoms with Crippen LogP contribution in [0.3, 0.4) is 0 Å². The average molecular weight is 241 g/mol. The van der Waals surface area contributed by atoms with E-state index in [0.717, 1.165) is 36.9 Å². The van der Waals surface area contributed by atoms with Crippen LogP contribution in [0.5, 0.6) is 0 Å². The predicted molar refractivity (Wildman–Crippen MR) is 59.6 cm³/mol. The maximum Gasteiger partial charge on any atom is 0.376 e. The third kappa shape index (κ3) is 2.16. The predicted octanol–water partition coefficient (Wildman–Crippen LogP) is 2.19. The Balaban J connectivity index is 2.43. The lowest BCUT2D eigenvalue weighted by atomic mass is 10.1. The van der Waals surface area contributed by atoms with E-state index >= 15 is 0 Å². The molecule has 0 atom stereocenters. The zero-order valence-corrected chi connectivity index (χ0v) is 9.88. The van der Waals surface area contributed by atoms with Crippen molar-refractivity contribution in [3.05, 3.63) is 22.2 Å². The van der Waals surface area contributed by atoms with Crippen LogP contribution in [0.15, 0.2) is 0 Å². The molecule has 1 heterocycles. The van der Waals surface area contributed by atoms with E-state index in [1.165, 1.54) is 13.5 Å². The quantitative estimate of drug-likeness (QED) is 0.429. The summed E-state index contributed by atoms with van der Waals surface area (Å²) in [7, 11) is 1.31. The van der Waals surface area contributed by atoms with Gasteiger partial charge in [-0.3, -0.25) is 0 Å². The van der Waals surface area contributed by atoms with Gasteiger partial charge in [0.2, 0.25) is 5.82 Å². The normalized spacial score (nSPS) is 15.1. The molecule has 5 heteroatoms. The maximum atomic E-state index is 11.3. The lowest BCUT2D eigenvalue weighted by Gasteiger charge is -2.07. The van der Waals surface area contributed by atoms with Gasteiger partial charge < -0.3 is 4.74 Å². The Morgan fingerprint density at radius 2 is 2.00 bits per heavy atom. The van der Waals surface area contributed by atoms with E-state index in [9.17, 15) is 4.79 Å². The standard InChI is InChI=1S/C11H13ClN2O2/c1-16-11(15)10-13-8-6-4-2-3-5-7(8)9(12)14-10/h2-6H2,1H3. The van der Waals surface area contributed by atoms with Crippen molar-refractivity contribution in [3.8, 4) is 0 Å². The van der Waals surface area contributed by atoms with Gasteiger partial charge in [-0.25, -0.2) is 14.8 Å². The molecular formula is C11H13ClN2O2. The number of rotatable bonds is 1. The van der Waals surface area contributed by atoms with Gasteiger partial charge in [0.15, 0.2) is 0 Å². The largest absolute Gasteiger partial charge is 0.463 e. The first-order valence-corrected chi connectivity index (χ1v) is 5.73. The Hall–Kier alpha value is -1.16. The third-order valence-electron chi connectivity index (χ3n) is 2.75. The highest BCUT2D eigenvalue weighted by atomic mass is 35.5. The Kier molecular flexibility index (Phi) is 3.39. The van der Waals surface area contributed by atoms with Crippen molar-refractivity contribution in [3.63, 3.8) is 0 Å². The molecule has 1 aromatic rings. The summed E-state index contributed by atoms with van der Waals surface area (Å²) in [6.45, 7) is 0. The van der Waals surface area contributed by atoms with Gasteiger partial charge in [-0.1, -0.05) is 18.0 Å². The Labute approximate surface area is 99.0 Å². The average Bonchev–Trinajstić information content (AvgIpc) is 2.53. The van der Waals surface area contributed by atoms with Gasteiger partial charge >= 0.3 is 5.97 Å². The van der Waals surface area contributed by atoms with Crippen molar-refractivity contribution in [1.29, 1.82) is 0 Å². The van der Waals surface area contributed by atoms with E-state index in [0.29, 0.717) is 5.15 Å². The van der Waals surface area contributed by atoms with Gasteiger partial charge in [0.1, 0.15) is 5.15 Å². The summed E-state index contributed by atoms with van der Waals surface area (Å²) in [5.74, 6) is -0.470. The monoisotopic (exact) mass is 240 g/mol. The van der Waals surface area contributed by atoms with Crippen LogP contribution >= 0.6 is 11.6 Å². The molecule has 0 amide bonds. The molecule has 4 nitrogen and oxygen atoms in total. The lowest BCUT2D eigenvalue weighted by Crippen LogP contribution is -2.11. The van der Waals surface area contributed by atoms with Crippen molar-refractivity contribution in [2.24, 2.45) is 0 Å². The smallest absolute Gasteiger partial charge is 0.376 e. The van der Waals surface area contributed by atoms with Crippen molar-refractivity contribution in [2.75, 3.05) is 7.11 Å². The van der Waals surface area contributed by atoms with Gasteiger partial charge in [-0.2, -0.15) is 0 Å². The number of esters is 1. The summed E-state index contributed by atoms with van der Waals surface area (Å²) in [4.78, 5) is 19.5. The van der Waals surface area contributed by atoms with Crippen LogP contribution in [0.25, 0.3) is 0 Å². The summed E-state index contributed by atoms with van der Waals surface area (Å²) < 4.78 is 4.59. The molecule has 0 saturated carbocycles. The number of nitrogens with zero attached hydrogens (tertiary/aromatic N) is 2. The van der Waals surface area contributed by atoms with Crippen molar-refractivity contribution < 1.29 is 9.53 Å². The molecule has 1 aromatic heterocycles. The number of fused-ring (bicyclic) bond motifs is 1. The number of methoxy groups -OCH3 is 1. The van der Waals surface area contributed by atoms with Crippen molar-refractivity contribution in [1.82, 2.24) is 9.97 Å². The number of carbonyl (C=O) groups excluding carboxylic acids is 1. The molecule has 0 spiro atoms. The molecule has 86 valence electrons. The van der Waals surface area contributed by atoms with E-state index in [-0.39, 0.29) is 5.82 Å². The molecule has 0 fully saturated rings. The maximum absolute atomic E-state index is 11.3. The van der Waals surface area contributed by atoms with E-state index in [1.54, 1.807) is 0 Å². The fourth-order valence-corrected chi connectivity index (χ4v) is 2.19. The summed E-state index contributed by atoms with van der Waals surface area (Å²) in [6.07, 6.45) is 5.12. The molecule has 0 aromatic carbocycles. The second kappa shape index (κ2) is 4.78. The lowest BCUT2D eigenvalue weighted by molar-refractivity contribution is 0.0586. The van der Waals surface area contributed by atoms with Crippen LogP contribution in [-0.2, 0) is 17.6 Å². The molecule has 2 rings (SSSR count). The Morgan fingerprint density at radius 1 is 1.25 bits per heavy atom. The minimum absolute atomic E-state index is 0.0631. The molecule has 0 bridgehead atoms. The molecule has 0 N–H and O–H groups in total. The zero-order chi connectivity index (χ0) is 11.5. The number of carbonyl (C=O) groups is 1. The second-order valence-corrected chi connectivity index (χ2v) is 4.17. The summed E-state index contributed by atoms with van der Waals surface area (Å²) >= 11 is 6.06. The number of aromatic nitrogens is 2. The van der Waals surface area contributed by atoms with E-state index in [1.807, 2.05) is 0 Å². The topological polar surface area (TPSA) is 52.1 Å². The minimum Gasteiger partial charge on any atom is -0.463 e. The van der Waals surface area contributed by atoms with Crippen LogP contribution in [-0.4, -0.2) is 23.0 Å². The second-order valence-electron chi connectivity index (χ2n) is 3.82. The molecule has 0 unspecified atom stereocenters. The van der Waals surface area contributed by atoms with Gasteiger partial charge in [0.05, 0.1) is 7.11 Å². The van der Waals surface area contributed by atoms with Gasteiger partial charge in [-0.15, -0.1) is 0 Å². The molecule has 0 radical (unpaired) electrons. The van der Waals surface area contributed by atoms with E-state index < -0.39 is 5.97 Å². The third-order valence-corrected chi connectivity index (χ3v) is 3.06. The van der Waals surface area contributed by atoms with Crippen LogP contribution in [0.1, 0.15) is 41.1 Å². The van der Waals surface area contributed by atoms with Gasteiger partial charge in [0, 0.05) is 11.3 Å². The van der Waals surface area contributed by atoms with Crippen molar-refractivity contribution in [2.45, 2.75) is 32.1 Å². The van der Waals surface area contributed by atoms with Crippen LogP contribution in [0.2, 0.25) is 5.15 Å². The number of halogens is 1. The number of hydrogen-bond donors (Lipinski definition) is 0. The fraction of sp³-hybridized carbons (Fsp3) is 0.545. The first-order valence-electron chi connectivity index (χ1n) is 5.36. The Bertz CT molecular complexity index is 421. The summed E-state index contributed by atoms with van der Waals surface area (Å²) in [5.41, 5.74) is 1.89.